The summed E-state index contributed by atoms with van der Waals surface area (Å²) in [6.45, 7) is -1.07. The second-order valence-corrected chi connectivity index (χ2v) is 2.75. The summed E-state index contributed by atoms with van der Waals surface area (Å²) in [7, 11) is 0. The predicted molar refractivity (Wildman–Crippen MR) is 32.5 cm³/mol. The van der Waals surface area contributed by atoms with Gasteiger partial charge in [0.05, 0.1) is 6.54 Å². The number of piperidine rings is 1. The molecule has 0 spiro atoms. The van der Waals surface area contributed by atoms with Crippen LogP contribution < -0.4 is 5.11 Å². The van der Waals surface area contributed by atoms with Gasteiger partial charge in [0.25, 0.3) is 5.92 Å². The van der Waals surface area contributed by atoms with E-state index in [0.717, 1.165) is 0 Å². The van der Waals surface area contributed by atoms with E-state index in [1.807, 2.05) is 0 Å². The van der Waals surface area contributed by atoms with Crippen molar-refractivity contribution in [3.63, 3.8) is 0 Å². The maximum Gasteiger partial charge on any atom is 0.290 e. The van der Waals surface area contributed by atoms with Gasteiger partial charge in [0.15, 0.2) is 0 Å². The minimum absolute atomic E-state index is 0.0981. The Kier molecular flexibility index (Phi) is 2.18. The molecule has 1 amide bonds. The van der Waals surface area contributed by atoms with Gasteiger partial charge in [0.1, 0.15) is 12.2 Å². The summed E-state index contributed by atoms with van der Waals surface area (Å²) in [4.78, 5) is 10.6. The highest BCUT2D eigenvalue weighted by Crippen LogP contribution is 2.26. The van der Waals surface area contributed by atoms with Crippen molar-refractivity contribution >= 4 is 6.09 Å². The second-order valence-electron chi connectivity index (χ2n) is 2.75. The largest absolute Gasteiger partial charge is 0.530 e. The van der Waals surface area contributed by atoms with Crippen LogP contribution in [0.25, 0.3) is 0 Å². The molecule has 0 aromatic carbocycles. The Morgan fingerprint density at radius 3 is 2.67 bits per heavy atom. The molecule has 0 aliphatic carbocycles. The average Bonchev–Trinajstić information content (AvgIpc) is 1.94. The van der Waals surface area contributed by atoms with Gasteiger partial charge in [-0.05, 0) is 6.42 Å². The summed E-state index contributed by atoms with van der Waals surface area (Å²) in [5.74, 6) is -3.35. The first-order valence-corrected chi connectivity index (χ1v) is 3.45. The van der Waals surface area contributed by atoms with E-state index in [0.29, 0.717) is 4.90 Å². The minimum atomic E-state index is -3.35. The van der Waals surface area contributed by atoms with E-state index in [9.17, 15) is 18.7 Å². The number of carbonyl (C=O) groups is 1. The van der Waals surface area contributed by atoms with Crippen LogP contribution in [0.15, 0.2) is 0 Å². The number of aliphatic hydroxyl groups is 1. The summed E-state index contributed by atoms with van der Waals surface area (Å²) in [5, 5.41) is 18.9. The molecule has 0 radical (unpaired) electrons. The van der Waals surface area contributed by atoms with E-state index < -0.39 is 24.7 Å². The Labute approximate surface area is 67.4 Å². The number of likely N-dealkylation sites (tertiary alicyclic amines) is 1. The number of alkyl halides is 2. The molecule has 1 N–H and O–H groups in total. The van der Waals surface area contributed by atoms with E-state index in [1.165, 1.54) is 0 Å². The molecule has 0 bridgehead atoms. The van der Waals surface area contributed by atoms with Crippen LogP contribution in [0.4, 0.5) is 13.6 Å². The predicted octanol–water partition coefficient (Wildman–Crippen LogP) is -0.968. The standard InChI is InChI=1S/C6H9F2NO3/c7-6(8)3-9(5(11)12)2-1-4(6)10/h4,10H,1-3H2,(H,11,12)/p-1. The molecule has 1 aliphatic rings. The van der Waals surface area contributed by atoms with E-state index in [2.05, 4.69) is 0 Å². The van der Waals surface area contributed by atoms with Gasteiger partial charge in [0.2, 0.25) is 0 Å². The van der Waals surface area contributed by atoms with E-state index >= 15 is 0 Å². The van der Waals surface area contributed by atoms with Crippen LogP contribution in [0.5, 0.6) is 0 Å². The maximum atomic E-state index is 12.6. The topological polar surface area (TPSA) is 63.6 Å². The van der Waals surface area contributed by atoms with Crippen LogP contribution in [-0.2, 0) is 0 Å². The van der Waals surface area contributed by atoms with Gasteiger partial charge < -0.3 is 19.9 Å². The molecule has 1 heterocycles. The van der Waals surface area contributed by atoms with Gasteiger partial charge in [-0.2, -0.15) is 0 Å². The first kappa shape index (κ1) is 9.18. The minimum Gasteiger partial charge on any atom is -0.530 e. The Bertz CT molecular complexity index is 197. The molecule has 1 atom stereocenters. The van der Waals surface area contributed by atoms with Gasteiger partial charge in [-0.25, -0.2) is 8.78 Å². The number of halogens is 2. The van der Waals surface area contributed by atoms with Crippen LogP contribution >= 0.6 is 0 Å². The highest BCUT2D eigenvalue weighted by molar-refractivity contribution is 5.62. The third kappa shape index (κ3) is 1.63. The molecular weight excluding hydrogens is 172 g/mol. The smallest absolute Gasteiger partial charge is 0.290 e. The third-order valence-corrected chi connectivity index (χ3v) is 1.82. The van der Waals surface area contributed by atoms with Crippen LogP contribution in [0.1, 0.15) is 6.42 Å². The first-order valence-electron chi connectivity index (χ1n) is 3.45. The first-order chi connectivity index (χ1) is 5.43. The highest BCUT2D eigenvalue weighted by atomic mass is 19.3. The fraction of sp³-hybridized carbons (Fsp3) is 0.833. The number of carbonyl (C=O) groups excluding carboxylic acids is 1. The molecule has 6 heteroatoms. The van der Waals surface area contributed by atoms with Crippen LogP contribution in [0, 0.1) is 0 Å². The number of hydrogen-bond donors (Lipinski definition) is 1. The molecule has 70 valence electrons. The zero-order chi connectivity index (χ0) is 9.35. The Hall–Kier alpha value is -0.910. The van der Waals surface area contributed by atoms with Gasteiger partial charge in [-0.15, -0.1) is 0 Å². The molecule has 12 heavy (non-hydrogen) atoms. The van der Waals surface area contributed by atoms with E-state index in [4.69, 9.17) is 5.11 Å². The molecule has 1 aliphatic heterocycles. The van der Waals surface area contributed by atoms with Crippen molar-refractivity contribution in [2.45, 2.75) is 18.4 Å². The van der Waals surface area contributed by atoms with Crippen molar-refractivity contribution in [2.75, 3.05) is 13.1 Å². The van der Waals surface area contributed by atoms with Crippen molar-refractivity contribution in [2.24, 2.45) is 0 Å². The quantitative estimate of drug-likeness (QED) is 0.521. The normalized spacial score (nSPS) is 28.6. The zero-order valence-corrected chi connectivity index (χ0v) is 6.17. The molecular formula is C6H8F2NO3-. The lowest BCUT2D eigenvalue weighted by molar-refractivity contribution is -0.274. The maximum absolute atomic E-state index is 12.6. The van der Waals surface area contributed by atoms with Crippen LogP contribution in [0.2, 0.25) is 0 Å². The number of amides is 1. The summed E-state index contributed by atoms with van der Waals surface area (Å²) >= 11 is 0. The summed E-state index contributed by atoms with van der Waals surface area (Å²) in [5.41, 5.74) is 0. The lowest BCUT2D eigenvalue weighted by Gasteiger charge is -2.37. The van der Waals surface area contributed by atoms with Crippen molar-refractivity contribution < 1.29 is 23.8 Å². The number of rotatable bonds is 0. The van der Waals surface area contributed by atoms with Crippen molar-refractivity contribution in [1.82, 2.24) is 4.90 Å². The van der Waals surface area contributed by atoms with Gasteiger partial charge in [0, 0.05) is 6.54 Å². The fourth-order valence-electron chi connectivity index (χ4n) is 1.08. The molecule has 0 saturated carbocycles. The molecule has 0 aromatic heterocycles. The summed E-state index contributed by atoms with van der Waals surface area (Å²) in [6.07, 6.45) is -3.62. The number of nitrogens with zero attached hydrogens (tertiary/aromatic N) is 1. The summed E-state index contributed by atoms with van der Waals surface area (Å²) < 4.78 is 25.3. The van der Waals surface area contributed by atoms with Gasteiger partial charge >= 0.3 is 0 Å². The molecule has 1 rings (SSSR count). The van der Waals surface area contributed by atoms with Crippen molar-refractivity contribution in [3.8, 4) is 0 Å². The van der Waals surface area contributed by atoms with Crippen LogP contribution in [0.3, 0.4) is 0 Å². The Morgan fingerprint density at radius 2 is 2.25 bits per heavy atom. The number of hydrogen-bond acceptors (Lipinski definition) is 3. The average molecular weight is 180 g/mol. The molecule has 4 nitrogen and oxygen atoms in total. The van der Waals surface area contributed by atoms with Gasteiger partial charge in [-0.3, -0.25) is 0 Å². The monoisotopic (exact) mass is 180 g/mol. The third-order valence-electron chi connectivity index (χ3n) is 1.82. The van der Waals surface area contributed by atoms with E-state index in [-0.39, 0.29) is 13.0 Å². The van der Waals surface area contributed by atoms with Gasteiger partial charge in [-0.1, -0.05) is 0 Å². The zero-order valence-electron chi connectivity index (χ0n) is 6.17. The number of aliphatic hydroxyl groups excluding tert-OH is 1. The lowest BCUT2D eigenvalue weighted by atomic mass is 10.0. The molecule has 1 fully saturated rings. The molecule has 0 aromatic rings. The van der Waals surface area contributed by atoms with Crippen molar-refractivity contribution in [3.05, 3.63) is 0 Å². The Balaban J connectivity index is 2.63. The molecule has 1 saturated heterocycles. The van der Waals surface area contributed by atoms with Crippen molar-refractivity contribution in [1.29, 1.82) is 0 Å². The van der Waals surface area contributed by atoms with Crippen LogP contribution in [-0.4, -0.2) is 41.2 Å². The molecule has 1 unspecified atom stereocenters. The Morgan fingerprint density at radius 1 is 1.67 bits per heavy atom. The van der Waals surface area contributed by atoms with E-state index in [1.54, 1.807) is 0 Å². The number of carboxylic acid groups (broad SMARTS) is 1. The summed E-state index contributed by atoms with van der Waals surface area (Å²) in [6, 6.07) is 0. The second kappa shape index (κ2) is 2.85. The SMILES string of the molecule is O=C([O-])N1CCC(O)C(F)(F)C1. The lowest BCUT2D eigenvalue weighted by Crippen LogP contribution is -2.56. The highest BCUT2D eigenvalue weighted by Gasteiger charge is 2.43. The fourth-order valence-corrected chi connectivity index (χ4v) is 1.08.